The first kappa shape index (κ1) is 16.5. The van der Waals surface area contributed by atoms with Crippen LogP contribution in [-0.4, -0.2) is 47.1 Å². The number of hydrogen-bond donors (Lipinski definition) is 1. The molecule has 8 nitrogen and oxygen atoms in total. The topological polar surface area (TPSA) is 87.8 Å². The molecule has 2 rings (SSSR count). The summed E-state index contributed by atoms with van der Waals surface area (Å²) in [6, 6.07) is 3.53. The molecule has 1 heterocycles. The average molecular weight is 323 g/mol. The van der Waals surface area contributed by atoms with Gasteiger partial charge < -0.3 is 5.32 Å². The normalized spacial score (nSPS) is 11.0. The number of rotatable bonds is 5. The van der Waals surface area contributed by atoms with Gasteiger partial charge in [-0.25, -0.2) is 13.5 Å². The van der Waals surface area contributed by atoms with Gasteiger partial charge in [-0.1, -0.05) is 16.5 Å². The Balaban J connectivity index is 2.46. The molecule has 0 aliphatic heterocycles. The second kappa shape index (κ2) is 6.90. The molecule has 0 atom stereocenters. The van der Waals surface area contributed by atoms with Gasteiger partial charge in [-0.2, -0.15) is 0 Å². The average Bonchev–Trinajstić information content (AvgIpc) is 2.91. The number of carbonyl (C=O) groups is 1. The van der Waals surface area contributed by atoms with Gasteiger partial charge in [0.1, 0.15) is 11.6 Å². The van der Waals surface area contributed by atoms with Crippen molar-refractivity contribution in [3.63, 3.8) is 0 Å². The van der Waals surface area contributed by atoms with Gasteiger partial charge in [0.05, 0.1) is 6.54 Å². The highest BCUT2D eigenvalue weighted by Crippen LogP contribution is 2.21. The molecule has 1 N–H and O–H groups in total. The van der Waals surface area contributed by atoms with E-state index in [-0.39, 0.29) is 23.6 Å². The number of nitrogens with zero attached hydrogens (tertiary/aromatic N) is 6. The van der Waals surface area contributed by atoms with E-state index in [1.165, 1.54) is 18.1 Å². The molecular weight excluding hydrogens is 308 g/mol. The van der Waals surface area contributed by atoms with Crippen LogP contribution < -0.4 is 5.32 Å². The van der Waals surface area contributed by atoms with E-state index in [4.69, 9.17) is 0 Å². The van der Waals surface area contributed by atoms with Gasteiger partial charge in [0.25, 0.3) is 5.91 Å². The Kier molecular flexibility index (Phi) is 4.94. The van der Waals surface area contributed by atoms with Crippen LogP contribution >= 0.6 is 0 Å². The third-order valence-electron chi connectivity index (χ3n) is 2.84. The molecule has 0 aliphatic carbocycles. The first-order valence-corrected chi connectivity index (χ1v) is 6.61. The zero-order chi connectivity index (χ0) is 17.0. The van der Waals surface area contributed by atoms with E-state index in [0.29, 0.717) is 0 Å². The summed E-state index contributed by atoms with van der Waals surface area (Å²) in [7, 11) is 4.69. The molecule has 2 aromatic rings. The minimum atomic E-state index is -0.725. The Bertz CT molecular complexity index is 722. The zero-order valence-corrected chi connectivity index (χ0v) is 12.8. The van der Waals surface area contributed by atoms with Gasteiger partial charge in [0, 0.05) is 26.7 Å². The molecule has 1 aromatic heterocycles. The van der Waals surface area contributed by atoms with Crippen molar-refractivity contribution < 1.29 is 13.6 Å². The summed E-state index contributed by atoms with van der Waals surface area (Å²) in [6.07, 6.45) is 0. The highest BCUT2D eigenvalue weighted by atomic mass is 19.1. The van der Waals surface area contributed by atoms with Crippen LogP contribution in [0.15, 0.2) is 28.5 Å². The quantitative estimate of drug-likeness (QED) is 0.667. The molecule has 23 heavy (non-hydrogen) atoms. The SMILES string of the molecule is CNC(=O)c1nnn(Cc2c(F)cccc2F)c1/N=N/N(C)C. The van der Waals surface area contributed by atoms with E-state index in [1.807, 2.05) is 0 Å². The van der Waals surface area contributed by atoms with Gasteiger partial charge in [-0.15, -0.1) is 10.2 Å². The number of carbonyl (C=O) groups excluding carboxylic acids is 1. The third kappa shape index (κ3) is 3.65. The third-order valence-corrected chi connectivity index (χ3v) is 2.84. The summed E-state index contributed by atoms with van der Waals surface area (Å²) < 4.78 is 28.7. The van der Waals surface area contributed by atoms with Crippen LogP contribution in [0.25, 0.3) is 0 Å². The zero-order valence-electron chi connectivity index (χ0n) is 12.8. The predicted molar refractivity (Wildman–Crippen MR) is 77.1 cm³/mol. The number of benzene rings is 1. The lowest BCUT2D eigenvalue weighted by Gasteiger charge is -2.07. The Morgan fingerprint density at radius 3 is 2.57 bits per heavy atom. The van der Waals surface area contributed by atoms with Crippen molar-refractivity contribution in [2.45, 2.75) is 6.54 Å². The first-order valence-electron chi connectivity index (χ1n) is 6.61. The van der Waals surface area contributed by atoms with Crippen LogP contribution in [0.2, 0.25) is 0 Å². The van der Waals surface area contributed by atoms with Gasteiger partial charge in [-0.3, -0.25) is 9.80 Å². The molecule has 0 fully saturated rings. The molecule has 0 aliphatic rings. The van der Waals surface area contributed by atoms with Crippen molar-refractivity contribution in [3.05, 3.63) is 41.1 Å². The van der Waals surface area contributed by atoms with Crippen molar-refractivity contribution in [3.8, 4) is 0 Å². The molecule has 1 aromatic carbocycles. The van der Waals surface area contributed by atoms with Crippen molar-refractivity contribution in [2.75, 3.05) is 21.1 Å². The second-order valence-corrected chi connectivity index (χ2v) is 4.74. The van der Waals surface area contributed by atoms with Crippen LogP contribution in [-0.2, 0) is 6.54 Å². The summed E-state index contributed by atoms with van der Waals surface area (Å²) in [5.74, 6) is -1.98. The maximum absolute atomic E-state index is 13.8. The Morgan fingerprint density at radius 2 is 2.00 bits per heavy atom. The highest BCUT2D eigenvalue weighted by molar-refractivity contribution is 5.95. The predicted octanol–water partition coefficient (Wildman–Crippen LogP) is 1.52. The lowest BCUT2D eigenvalue weighted by Crippen LogP contribution is -2.18. The van der Waals surface area contributed by atoms with Crippen LogP contribution in [0.3, 0.4) is 0 Å². The largest absolute Gasteiger partial charge is 0.354 e. The van der Waals surface area contributed by atoms with E-state index in [1.54, 1.807) is 14.1 Å². The standard InChI is InChI=1S/C13H15F2N7O/c1-16-13(23)11-12(18-19-21(2)3)22(20-17-11)7-8-9(14)5-4-6-10(8)15/h4-6H,7H2,1-3H3,(H,16,23)/b19-18+. The number of aromatic nitrogens is 3. The molecule has 122 valence electrons. The summed E-state index contributed by atoms with van der Waals surface area (Å²) in [6.45, 7) is -0.274. The second-order valence-electron chi connectivity index (χ2n) is 4.74. The number of amides is 1. The van der Waals surface area contributed by atoms with E-state index in [2.05, 4.69) is 26.0 Å². The number of halogens is 2. The van der Waals surface area contributed by atoms with Crippen LogP contribution in [0.5, 0.6) is 0 Å². The summed E-state index contributed by atoms with van der Waals surface area (Å²) in [5.41, 5.74) is -0.294. The molecule has 0 radical (unpaired) electrons. The van der Waals surface area contributed by atoms with Crippen molar-refractivity contribution in [1.29, 1.82) is 0 Å². The Labute approximate surface area is 130 Å². The van der Waals surface area contributed by atoms with Gasteiger partial charge in [-0.05, 0) is 12.1 Å². The molecule has 0 bridgehead atoms. The summed E-state index contributed by atoms with van der Waals surface area (Å²) in [4.78, 5) is 11.8. The Morgan fingerprint density at radius 1 is 1.35 bits per heavy atom. The molecule has 0 unspecified atom stereocenters. The molecular formula is C13H15F2N7O. The molecule has 0 saturated carbocycles. The Hall–Kier alpha value is -2.91. The van der Waals surface area contributed by atoms with E-state index in [0.717, 1.165) is 16.8 Å². The highest BCUT2D eigenvalue weighted by Gasteiger charge is 2.21. The fourth-order valence-electron chi connectivity index (χ4n) is 1.74. The van der Waals surface area contributed by atoms with Crippen molar-refractivity contribution in [2.24, 2.45) is 10.3 Å². The summed E-state index contributed by atoms with van der Waals surface area (Å²) in [5, 5.41) is 18.9. The first-order chi connectivity index (χ1) is 10.9. The van der Waals surface area contributed by atoms with Gasteiger partial charge >= 0.3 is 0 Å². The van der Waals surface area contributed by atoms with Crippen molar-refractivity contribution >= 4 is 11.7 Å². The van der Waals surface area contributed by atoms with E-state index >= 15 is 0 Å². The fourth-order valence-corrected chi connectivity index (χ4v) is 1.74. The molecule has 0 spiro atoms. The van der Waals surface area contributed by atoms with Crippen molar-refractivity contribution in [1.82, 2.24) is 25.3 Å². The lowest BCUT2D eigenvalue weighted by atomic mass is 10.2. The maximum atomic E-state index is 13.8. The minimum Gasteiger partial charge on any atom is -0.354 e. The van der Waals surface area contributed by atoms with Gasteiger partial charge in [0.2, 0.25) is 5.82 Å². The van der Waals surface area contributed by atoms with Crippen LogP contribution in [0, 0.1) is 11.6 Å². The molecule has 0 saturated heterocycles. The maximum Gasteiger partial charge on any atom is 0.275 e. The van der Waals surface area contributed by atoms with E-state index < -0.39 is 17.5 Å². The number of nitrogens with one attached hydrogen (secondary N) is 1. The smallest absolute Gasteiger partial charge is 0.275 e. The monoisotopic (exact) mass is 323 g/mol. The van der Waals surface area contributed by atoms with Crippen LogP contribution in [0.4, 0.5) is 14.6 Å². The fraction of sp³-hybridized carbons (Fsp3) is 0.308. The van der Waals surface area contributed by atoms with Gasteiger partial charge in [0.15, 0.2) is 5.69 Å². The van der Waals surface area contributed by atoms with E-state index in [9.17, 15) is 13.6 Å². The molecule has 10 heteroatoms. The van der Waals surface area contributed by atoms with Crippen LogP contribution in [0.1, 0.15) is 16.1 Å². The minimum absolute atomic E-state index is 0.000651. The number of hydrogen-bond acceptors (Lipinski definition) is 5. The lowest BCUT2D eigenvalue weighted by molar-refractivity contribution is 0.0958. The molecule has 1 amide bonds. The summed E-state index contributed by atoms with van der Waals surface area (Å²) >= 11 is 0.